The minimum Gasteiger partial charge on any atom is -0.449 e. The predicted molar refractivity (Wildman–Crippen MR) is 122 cm³/mol. The van der Waals surface area contributed by atoms with Crippen LogP contribution in [0.25, 0.3) is 0 Å². The van der Waals surface area contributed by atoms with Crippen LogP contribution in [0.5, 0.6) is 0 Å². The summed E-state index contributed by atoms with van der Waals surface area (Å²) in [5, 5.41) is 0. The van der Waals surface area contributed by atoms with Crippen LogP contribution in [0.4, 0.5) is 0 Å². The summed E-state index contributed by atoms with van der Waals surface area (Å²) in [4.78, 5) is 27.5. The van der Waals surface area contributed by atoms with Gasteiger partial charge in [0, 0.05) is 25.4 Å². The van der Waals surface area contributed by atoms with E-state index >= 15 is 0 Å². The Morgan fingerprint density at radius 1 is 1.17 bits per heavy atom. The van der Waals surface area contributed by atoms with E-state index in [9.17, 15) is 4.79 Å². The number of aromatic nitrogens is 3. The van der Waals surface area contributed by atoms with Gasteiger partial charge in [-0.25, -0.2) is 9.97 Å². The number of nitrogens with zero attached hydrogens (tertiary/aromatic N) is 3. The molecule has 2 aromatic heterocycles. The maximum absolute atomic E-state index is 12.6. The van der Waals surface area contributed by atoms with Crippen molar-refractivity contribution in [2.45, 2.75) is 96.4 Å². The lowest BCUT2D eigenvalue weighted by Crippen LogP contribution is -2.56. The molecule has 0 atom stereocenters. The Labute approximate surface area is 180 Å². The smallest absolute Gasteiger partial charge is 0.255 e. The van der Waals surface area contributed by atoms with Crippen LogP contribution in [0.2, 0.25) is 16.6 Å². The van der Waals surface area contributed by atoms with Crippen molar-refractivity contribution in [1.82, 2.24) is 19.9 Å². The van der Waals surface area contributed by atoms with E-state index in [0.29, 0.717) is 35.6 Å². The first-order chi connectivity index (χ1) is 14.2. The second kappa shape index (κ2) is 8.08. The summed E-state index contributed by atoms with van der Waals surface area (Å²) >= 11 is 0. The zero-order valence-corrected chi connectivity index (χ0v) is 20.3. The van der Waals surface area contributed by atoms with Gasteiger partial charge >= 0.3 is 0 Å². The molecule has 0 bridgehead atoms. The minimum absolute atomic E-state index is 0.0377. The highest BCUT2D eigenvalue weighted by Crippen LogP contribution is 2.41. The average molecular weight is 429 g/mol. The molecule has 1 saturated carbocycles. The summed E-state index contributed by atoms with van der Waals surface area (Å²) in [5.41, 5.74) is 4.53. The van der Waals surface area contributed by atoms with Crippen LogP contribution < -0.4 is 11.1 Å². The molecule has 0 aromatic carbocycles. The normalized spacial score (nSPS) is 17.9. The highest BCUT2D eigenvalue weighted by molar-refractivity contribution is 6.93. The van der Waals surface area contributed by atoms with Gasteiger partial charge in [0.05, 0.1) is 24.0 Å². The minimum atomic E-state index is -1.89. The van der Waals surface area contributed by atoms with Gasteiger partial charge in [0.15, 0.2) is 13.6 Å². The Morgan fingerprint density at radius 3 is 2.43 bits per heavy atom. The summed E-state index contributed by atoms with van der Waals surface area (Å²) in [6.45, 7) is 16.2. The van der Waals surface area contributed by atoms with Gasteiger partial charge in [0.2, 0.25) is 0 Å². The third-order valence-corrected chi connectivity index (χ3v) is 14.0. The number of H-pyrrole nitrogens is 1. The van der Waals surface area contributed by atoms with E-state index in [1.165, 1.54) is 0 Å². The van der Waals surface area contributed by atoms with Crippen molar-refractivity contribution in [1.29, 1.82) is 0 Å². The van der Waals surface area contributed by atoms with Gasteiger partial charge in [-0.2, -0.15) is 0 Å². The van der Waals surface area contributed by atoms with E-state index in [2.05, 4.69) is 51.4 Å². The summed E-state index contributed by atoms with van der Waals surface area (Å²) in [5.74, 6) is 2.27. The van der Waals surface area contributed by atoms with Crippen molar-refractivity contribution < 1.29 is 4.42 Å². The zero-order valence-electron chi connectivity index (χ0n) is 19.3. The Bertz CT molecular complexity index is 937. The van der Waals surface area contributed by atoms with Gasteiger partial charge in [-0.15, -0.1) is 0 Å². The highest BCUT2D eigenvalue weighted by Gasteiger charge is 2.49. The number of hydrogen-bond acceptors (Lipinski definition) is 5. The number of aromatic amines is 1. The fourth-order valence-corrected chi connectivity index (χ4v) is 11.8. The molecule has 0 saturated heterocycles. The van der Waals surface area contributed by atoms with Crippen molar-refractivity contribution in [3.8, 4) is 0 Å². The summed E-state index contributed by atoms with van der Waals surface area (Å²) < 4.78 is 6.42. The quantitative estimate of drug-likeness (QED) is 0.673. The highest BCUT2D eigenvalue weighted by atomic mass is 28.3. The van der Waals surface area contributed by atoms with Crippen LogP contribution in [0.3, 0.4) is 0 Å². The van der Waals surface area contributed by atoms with Gasteiger partial charge in [-0.1, -0.05) is 41.5 Å². The molecule has 2 aliphatic rings. The van der Waals surface area contributed by atoms with Crippen LogP contribution in [-0.2, 0) is 19.5 Å². The molecule has 6 nitrogen and oxygen atoms in total. The molecule has 3 heterocycles. The molecular weight excluding hydrogens is 392 g/mol. The summed E-state index contributed by atoms with van der Waals surface area (Å²) in [7, 11) is -1.89. The Kier molecular flexibility index (Phi) is 5.79. The van der Waals surface area contributed by atoms with Crippen molar-refractivity contribution in [3.05, 3.63) is 39.4 Å². The molecule has 1 aliphatic heterocycles. The van der Waals surface area contributed by atoms with Gasteiger partial charge < -0.3 is 9.40 Å². The SMILES string of the molecule is CC(C)[Si](c1ncc(CN2CCc3nc(C4CC4)[nH]c(=O)c3C2)o1)(C(C)C)C(C)C. The third kappa shape index (κ3) is 3.71. The molecule has 4 rings (SSSR count). The topological polar surface area (TPSA) is 75.0 Å². The first-order valence-corrected chi connectivity index (χ1v) is 13.8. The average Bonchev–Trinajstić information content (AvgIpc) is 3.42. The molecule has 30 heavy (non-hydrogen) atoms. The first-order valence-electron chi connectivity index (χ1n) is 11.5. The number of nitrogens with one attached hydrogen (secondary N) is 1. The third-order valence-electron chi connectivity index (χ3n) is 7.30. The molecule has 7 heteroatoms. The van der Waals surface area contributed by atoms with E-state index in [1.807, 2.05) is 6.20 Å². The first kappa shape index (κ1) is 21.5. The standard InChI is InChI=1S/C23H36N4O2Si/c1-14(2)30(15(3)4,16(5)6)23-24-11-18(29-23)12-27-10-9-20-19(13-27)22(28)26-21(25-20)17-7-8-17/h11,14-17H,7-10,12-13H2,1-6H3,(H,25,26,28). The fourth-order valence-electron chi connectivity index (χ4n) is 5.73. The fraction of sp³-hybridized carbons (Fsp3) is 0.696. The lowest BCUT2D eigenvalue weighted by Gasteiger charge is -2.39. The van der Waals surface area contributed by atoms with Crippen molar-refractivity contribution >= 4 is 13.6 Å². The Hall–Kier alpha value is -1.73. The number of oxazole rings is 1. The van der Waals surface area contributed by atoms with Crippen LogP contribution in [0, 0.1) is 0 Å². The molecule has 0 amide bonds. The summed E-state index contributed by atoms with van der Waals surface area (Å²) in [6.07, 6.45) is 5.03. The Morgan fingerprint density at radius 2 is 1.83 bits per heavy atom. The maximum atomic E-state index is 12.6. The molecule has 164 valence electrons. The van der Waals surface area contributed by atoms with Crippen LogP contribution in [-0.4, -0.2) is 34.5 Å². The van der Waals surface area contributed by atoms with Gasteiger partial charge in [-0.3, -0.25) is 9.69 Å². The van der Waals surface area contributed by atoms with Crippen LogP contribution in [0.15, 0.2) is 15.4 Å². The van der Waals surface area contributed by atoms with E-state index < -0.39 is 8.07 Å². The van der Waals surface area contributed by atoms with Gasteiger partial charge in [-0.05, 0) is 29.5 Å². The van der Waals surface area contributed by atoms with Crippen LogP contribution >= 0.6 is 0 Å². The molecule has 0 spiro atoms. The summed E-state index contributed by atoms with van der Waals surface area (Å²) in [6, 6.07) is 0. The number of fused-ring (bicyclic) bond motifs is 1. The van der Waals surface area contributed by atoms with Crippen molar-refractivity contribution in [2.24, 2.45) is 0 Å². The maximum Gasteiger partial charge on any atom is 0.255 e. The predicted octanol–water partition coefficient (Wildman–Crippen LogP) is 4.08. The van der Waals surface area contributed by atoms with Gasteiger partial charge in [0.1, 0.15) is 11.6 Å². The molecule has 1 aliphatic carbocycles. The molecular formula is C23H36N4O2Si. The van der Waals surface area contributed by atoms with E-state index in [-0.39, 0.29) is 5.56 Å². The lowest BCUT2D eigenvalue weighted by atomic mass is 10.1. The number of rotatable bonds is 7. The second-order valence-electron chi connectivity index (χ2n) is 10.1. The second-order valence-corrected chi connectivity index (χ2v) is 15.9. The van der Waals surface area contributed by atoms with Gasteiger partial charge in [0.25, 0.3) is 5.56 Å². The van der Waals surface area contributed by atoms with E-state index in [4.69, 9.17) is 14.4 Å². The van der Waals surface area contributed by atoms with E-state index in [0.717, 1.165) is 54.2 Å². The van der Waals surface area contributed by atoms with Crippen LogP contribution in [0.1, 0.15) is 83.1 Å². The molecule has 0 unspecified atom stereocenters. The van der Waals surface area contributed by atoms with Crippen molar-refractivity contribution in [3.63, 3.8) is 0 Å². The molecule has 2 aromatic rings. The van der Waals surface area contributed by atoms with E-state index in [1.54, 1.807) is 0 Å². The Balaban J connectivity index is 1.53. The molecule has 0 radical (unpaired) electrons. The zero-order chi connectivity index (χ0) is 21.6. The van der Waals surface area contributed by atoms with Crippen molar-refractivity contribution in [2.75, 3.05) is 6.54 Å². The monoisotopic (exact) mass is 428 g/mol. The number of hydrogen-bond donors (Lipinski definition) is 1. The largest absolute Gasteiger partial charge is 0.449 e. The molecule has 1 N–H and O–H groups in total. The molecule has 1 fully saturated rings. The lowest BCUT2D eigenvalue weighted by molar-refractivity contribution is 0.223.